The topological polar surface area (TPSA) is 49.9 Å². The van der Waals surface area contributed by atoms with E-state index in [0.29, 0.717) is 35.9 Å². The van der Waals surface area contributed by atoms with Crippen molar-refractivity contribution in [3.63, 3.8) is 0 Å². The minimum absolute atomic E-state index is 0.0822. The number of amides is 2. The highest BCUT2D eigenvalue weighted by Gasteiger charge is 2.20. The lowest BCUT2D eigenvalue weighted by Crippen LogP contribution is -2.35. The van der Waals surface area contributed by atoms with Crippen LogP contribution in [0.5, 0.6) is 5.75 Å². The molecule has 2 amide bonds. The van der Waals surface area contributed by atoms with Crippen molar-refractivity contribution >= 4 is 29.1 Å². The minimum atomic E-state index is -0.0822. The van der Waals surface area contributed by atoms with E-state index in [1.165, 1.54) is 0 Å². The standard InChI is InChI=1S/C21H23ClN2O3/c1-23(13-14-27-19-6-4-5-17(22)15-19)21(26)16-8-10-18(11-9-16)24-12-3-2-7-20(24)25/h4-6,8-11,15H,2-3,7,12-14H2,1H3. The quantitative estimate of drug-likeness (QED) is 0.753. The van der Waals surface area contributed by atoms with E-state index >= 15 is 0 Å². The smallest absolute Gasteiger partial charge is 0.253 e. The predicted molar refractivity (Wildman–Crippen MR) is 107 cm³/mol. The van der Waals surface area contributed by atoms with Gasteiger partial charge in [-0.05, 0) is 55.3 Å². The second-order valence-electron chi connectivity index (χ2n) is 6.58. The molecule has 27 heavy (non-hydrogen) atoms. The summed E-state index contributed by atoms with van der Waals surface area (Å²) in [5, 5.41) is 0.615. The Morgan fingerprint density at radius 3 is 2.67 bits per heavy atom. The fourth-order valence-electron chi connectivity index (χ4n) is 3.04. The Bertz CT molecular complexity index is 807. The van der Waals surface area contributed by atoms with E-state index in [2.05, 4.69) is 0 Å². The van der Waals surface area contributed by atoms with Crippen LogP contribution in [0.25, 0.3) is 0 Å². The minimum Gasteiger partial charge on any atom is -0.492 e. The average Bonchev–Trinajstić information content (AvgIpc) is 2.68. The summed E-state index contributed by atoms with van der Waals surface area (Å²) in [5.74, 6) is 0.746. The lowest BCUT2D eigenvalue weighted by Gasteiger charge is -2.27. The highest BCUT2D eigenvalue weighted by atomic mass is 35.5. The molecule has 1 saturated heterocycles. The molecule has 0 saturated carbocycles. The van der Waals surface area contributed by atoms with Gasteiger partial charge in [0.25, 0.3) is 5.91 Å². The van der Waals surface area contributed by atoms with Gasteiger partial charge >= 0.3 is 0 Å². The molecular formula is C21H23ClN2O3. The van der Waals surface area contributed by atoms with Crippen LogP contribution in [0.1, 0.15) is 29.6 Å². The number of carbonyl (C=O) groups is 2. The van der Waals surface area contributed by atoms with Crippen molar-refractivity contribution in [3.05, 3.63) is 59.1 Å². The molecule has 0 unspecified atom stereocenters. The number of ether oxygens (including phenoxy) is 1. The van der Waals surface area contributed by atoms with Crippen LogP contribution in [0.4, 0.5) is 5.69 Å². The molecule has 142 valence electrons. The summed E-state index contributed by atoms with van der Waals surface area (Å²) in [4.78, 5) is 28.0. The lowest BCUT2D eigenvalue weighted by molar-refractivity contribution is -0.119. The van der Waals surface area contributed by atoms with Gasteiger partial charge in [-0.2, -0.15) is 0 Å². The first kappa shape index (κ1) is 19.2. The molecule has 2 aromatic carbocycles. The van der Waals surface area contributed by atoms with Gasteiger partial charge in [-0.25, -0.2) is 0 Å². The number of hydrogen-bond acceptors (Lipinski definition) is 3. The summed E-state index contributed by atoms with van der Waals surface area (Å²) < 4.78 is 5.63. The molecule has 1 aliphatic rings. The van der Waals surface area contributed by atoms with Crippen molar-refractivity contribution in [2.75, 3.05) is 31.6 Å². The number of anilines is 1. The van der Waals surface area contributed by atoms with Crippen LogP contribution in [0.15, 0.2) is 48.5 Å². The van der Waals surface area contributed by atoms with Crippen LogP contribution in [0.2, 0.25) is 5.02 Å². The van der Waals surface area contributed by atoms with Crippen molar-refractivity contribution in [1.82, 2.24) is 4.90 Å². The van der Waals surface area contributed by atoms with E-state index in [4.69, 9.17) is 16.3 Å². The van der Waals surface area contributed by atoms with Gasteiger partial charge in [0.15, 0.2) is 0 Å². The zero-order valence-electron chi connectivity index (χ0n) is 15.4. The van der Waals surface area contributed by atoms with Crippen molar-refractivity contribution in [2.45, 2.75) is 19.3 Å². The van der Waals surface area contributed by atoms with E-state index in [9.17, 15) is 9.59 Å². The fourth-order valence-corrected chi connectivity index (χ4v) is 3.22. The Kier molecular flexibility index (Phi) is 6.35. The van der Waals surface area contributed by atoms with Gasteiger partial charge in [-0.3, -0.25) is 9.59 Å². The lowest BCUT2D eigenvalue weighted by atomic mass is 10.1. The summed E-state index contributed by atoms with van der Waals surface area (Å²) in [6.45, 7) is 1.58. The molecular weight excluding hydrogens is 364 g/mol. The Balaban J connectivity index is 1.54. The number of rotatable bonds is 6. The largest absolute Gasteiger partial charge is 0.492 e. The Hall–Kier alpha value is -2.53. The molecule has 1 fully saturated rings. The van der Waals surface area contributed by atoms with Gasteiger partial charge in [0, 0.05) is 36.3 Å². The van der Waals surface area contributed by atoms with E-state index in [1.54, 1.807) is 41.1 Å². The van der Waals surface area contributed by atoms with E-state index in [-0.39, 0.29) is 11.8 Å². The SMILES string of the molecule is CN(CCOc1cccc(Cl)c1)C(=O)c1ccc(N2CCCCC2=O)cc1. The summed E-state index contributed by atoms with van der Waals surface area (Å²) in [7, 11) is 1.74. The Morgan fingerprint density at radius 1 is 1.19 bits per heavy atom. The molecule has 0 aromatic heterocycles. The highest BCUT2D eigenvalue weighted by molar-refractivity contribution is 6.30. The molecule has 0 aliphatic carbocycles. The maximum atomic E-state index is 12.6. The van der Waals surface area contributed by atoms with E-state index in [0.717, 1.165) is 25.1 Å². The molecule has 0 atom stereocenters. The van der Waals surface area contributed by atoms with Gasteiger partial charge < -0.3 is 14.5 Å². The second kappa shape index (κ2) is 8.91. The van der Waals surface area contributed by atoms with Crippen LogP contribution >= 0.6 is 11.6 Å². The predicted octanol–water partition coefficient (Wildman–Crippen LogP) is 4.01. The first-order chi connectivity index (χ1) is 13.0. The van der Waals surface area contributed by atoms with E-state index in [1.807, 2.05) is 24.3 Å². The van der Waals surface area contributed by atoms with Crippen LogP contribution in [0, 0.1) is 0 Å². The molecule has 0 N–H and O–H groups in total. The van der Waals surface area contributed by atoms with Gasteiger partial charge in [0.05, 0.1) is 6.54 Å². The maximum Gasteiger partial charge on any atom is 0.253 e. The average molecular weight is 387 g/mol. The molecule has 1 aliphatic heterocycles. The van der Waals surface area contributed by atoms with Gasteiger partial charge in [0.2, 0.25) is 5.91 Å². The van der Waals surface area contributed by atoms with Crippen molar-refractivity contribution in [1.29, 1.82) is 0 Å². The zero-order valence-corrected chi connectivity index (χ0v) is 16.1. The summed E-state index contributed by atoms with van der Waals surface area (Å²) in [5.41, 5.74) is 1.44. The third kappa shape index (κ3) is 5.01. The third-order valence-electron chi connectivity index (χ3n) is 4.59. The van der Waals surface area contributed by atoms with Gasteiger partial charge in [0.1, 0.15) is 12.4 Å². The molecule has 5 nitrogen and oxygen atoms in total. The number of likely N-dealkylation sites (N-methyl/N-ethyl adjacent to an activating group) is 1. The number of carbonyl (C=O) groups excluding carboxylic acids is 2. The molecule has 6 heteroatoms. The van der Waals surface area contributed by atoms with Crippen LogP contribution < -0.4 is 9.64 Å². The number of nitrogens with zero attached hydrogens (tertiary/aromatic N) is 2. The molecule has 0 spiro atoms. The summed E-state index contributed by atoms with van der Waals surface area (Å²) in [6.07, 6.45) is 2.56. The van der Waals surface area contributed by atoms with Gasteiger partial charge in [-0.15, -0.1) is 0 Å². The summed E-state index contributed by atoms with van der Waals surface area (Å²) >= 11 is 5.93. The van der Waals surface area contributed by atoms with Crippen molar-refractivity contribution in [3.8, 4) is 5.75 Å². The second-order valence-corrected chi connectivity index (χ2v) is 7.02. The number of hydrogen-bond donors (Lipinski definition) is 0. The van der Waals surface area contributed by atoms with Gasteiger partial charge in [-0.1, -0.05) is 17.7 Å². The summed E-state index contributed by atoms with van der Waals surface area (Å²) in [6, 6.07) is 14.4. The molecule has 0 radical (unpaired) electrons. The monoisotopic (exact) mass is 386 g/mol. The van der Waals surface area contributed by atoms with Crippen molar-refractivity contribution < 1.29 is 14.3 Å². The Labute approximate surface area is 164 Å². The Morgan fingerprint density at radius 2 is 1.96 bits per heavy atom. The third-order valence-corrected chi connectivity index (χ3v) is 4.82. The molecule has 1 heterocycles. The van der Waals surface area contributed by atoms with Crippen molar-refractivity contribution in [2.24, 2.45) is 0 Å². The first-order valence-electron chi connectivity index (χ1n) is 9.09. The zero-order chi connectivity index (χ0) is 19.2. The number of benzene rings is 2. The molecule has 2 aromatic rings. The van der Waals surface area contributed by atoms with Crippen LogP contribution in [0.3, 0.4) is 0 Å². The van der Waals surface area contributed by atoms with Crippen LogP contribution in [-0.2, 0) is 4.79 Å². The van der Waals surface area contributed by atoms with Crippen LogP contribution in [-0.4, -0.2) is 43.5 Å². The molecule has 3 rings (SSSR count). The number of halogens is 1. The first-order valence-corrected chi connectivity index (χ1v) is 9.46. The van der Waals surface area contributed by atoms with E-state index < -0.39 is 0 Å². The normalized spacial score (nSPS) is 14.1. The molecule has 0 bridgehead atoms. The highest BCUT2D eigenvalue weighted by Crippen LogP contribution is 2.22. The number of piperidine rings is 1. The fraction of sp³-hybridized carbons (Fsp3) is 0.333. The maximum absolute atomic E-state index is 12.6.